The summed E-state index contributed by atoms with van der Waals surface area (Å²) in [4.78, 5) is 35.9. The first-order valence-electron chi connectivity index (χ1n) is 7.02. The van der Waals surface area contributed by atoms with Gasteiger partial charge in [-0.15, -0.1) is 0 Å². The Labute approximate surface area is 151 Å². The van der Waals surface area contributed by atoms with Crippen LogP contribution in [0.5, 0.6) is 11.5 Å². The van der Waals surface area contributed by atoms with Crippen molar-refractivity contribution in [2.45, 2.75) is 13.5 Å². The molecule has 0 saturated carbocycles. The van der Waals surface area contributed by atoms with E-state index in [9.17, 15) is 14.4 Å². The van der Waals surface area contributed by atoms with Gasteiger partial charge in [-0.25, -0.2) is 4.68 Å². The van der Waals surface area contributed by atoms with E-state index in [1.165, 1.54) is 25.3 Å². The van der Waals surface area contributed by atoms with Crippen LogP contribution < -0.4 is 20.3 Å². The highest BCUT2D eigenvalue weighted by Gasteiger charge is 2.21. The predicted octanol–water partition coefficient (Wildman–Crippen LogP) is 2.12. The summed E-state index contributed by atoms with van der Waals surface area (Å²) in [7, 11) is 0. The molecule has 1 aliphatic heterocycles. The van der Waals surface area contributed by atoms with Crippen molar-refractivity contribution in [3.63, 3.8) is 0 Å². The molecule has 130 valence electrons. The number of nitrogens with zero attached hydrogens (tertiary/aromatic N) is 2. The summed E-state index contributed by atoms with van der Waals surface area (Å²) < 4.78 is 11.3. The number of anilines is 1. The van der Waals surface area contributed by atoms with Crippen molar-refractivity contribution >= 4 is 40.6 Å². The summed E-state index contributed by atoms with van der Waals surface area (Å²) >= 11 is 11.4. The van der Waals surface area contributed by atoms with E-state index in [1.807, 2.05) is 0 Å². The molecule has 8 nitrogen and oxygen atoms in total. The number of benzene rings is 1. The van der Waals surface area contributed by atoms with Crippen LogP contribution >= 0.6 is 23.2 Å². The summed E-state index contributed by atoms with van der Waals surface area (Å²) in [5.41, 5.74) is -0.191. The highest BCUT2D eigenvalue weighted by atomic mass is 35.5. The standard InChI is InChI=1S/C15H11Cl2N3O5/c1-7(21)8-2-11-12(25-6-24-11)3-10(8)19-13(22)5-20-15(23)14(17)9(16)4-18-20/h2-4H,5-6H2,1H3,(H,19,22). The van der Waals surface area contributed by atoms with E-state index < -0.39 is 18.0 Å². The molecule has 1 aromatic heterocycles. The van der Waals surface area contributed by atoms with Gasteiger partial charge >= 0.3 is 0 Å². The highest BCUT2D eigenvalue weighted by Crippen LogP contribution is 2.37. The summed E-state index contributed by atoms with van der Waals surface area (Å²) in [5.74, 6) is -0.0107. The van der Waals surface area contributed by atoms with Crippen molar-refractivity contribution in [3.8, 4) is 11.5 Å². The zero-order valence-electron chi connectivity index (χ0n) is 12.8. The molecular weight excluding hydrogens is 373 g/mol. The number of amides is 1. The van der Waals surface area contributed by atoms with Gasteiger partial charge in [0, 0.05) is 11.6 Å². The van der Waals surface area contributed by atoms with Crippen molar-refractivity contribution in [2.24, 2.45) is 0 Å². The zero-order valence-corrected chi connectivity index (χ0v) is 14.3. The molecule has 1 aromatic carbocycles. The summed E-state index contributed by atoms with van der Waals surface area (Å²) in [6, 6.07) is 2.98. The van der Waals surface area contributed by atoms with Crippen LogP contribution in [-0.2, 0) is 11.3 Å². The van der Waals surface area contributed by atoms with E-state index in [-0.39, 0.29) is 33.9 Å². The lowest BCUT2D eigenvalue weighted by molar-refractivity contribution is -0.117. The Morgan fingerprint density at radius 1 is 1.28 bits per heavy atom. The van der Waals surface area contributed by atoms with Gasteiger partial charge in [0.15, 0.2) is 17.3 Å². The number of hydrogen-bond donors (Lipinski definition) is 1. The molecule has 0 unspecified atom stereocenters. The maximum atomic E-state index is 12.2. The first kappa shape index (κ1) is 17.2. The van der Waals surface area contributed by atoms with E-state index in [1.54, 1.807) is 0 Å². The number of ether oxygens (including phenoxy) is 2. The lowest BCUT2D eigenvalue weighted by Gasteiger charge is -2.11. The molecule has 1 aliphatic rings. The minimum atomic E-state index is -0.693. The molecule has 1 N–H and O–H groups in total. The largest absolute Gasteiger partial charge is 0.454 e. The van der Waals surface area contributed by atoms with Crippen LogP contribution in [0.4, 0.5) is 5.69 Å². The molecule has 0 aliphatic carbocycles. The quantitative estimate of drug-likeness (QED) is 0.811. The summed E-state index contributed by atoms with van der Waals surface area (Å²) in [6.07, 6.45) is 1.17. The molecule has 0 spiro atoms. The second-order valence-electron chi connectivity index (χ2n) is 5.12. The Kier molecular flexibility index (Phi) is 4.65. The second kappa shape index (κ2) is 6.73. The summed E-state index contributed by atoms with van der Waals surface area (Å²) in [6.45, 7) is 0.992. The van der Waals surface area contributed by atoms with Gasteiger partial charge in [-0.1, -0.05) is 23.2 Å². The first-order chi connectivity index (χ1) is 11.9. The van der Waals surface area contributed by atoms with Gasteiger partial charge < -0.3 is 14.8 Å². The maximum absolute atomic E-state index is 12.2. The van der Waals surface area contributed by atoms with Gasteiger partial charge in [0.1, 0.15) is 11.6 Å². The van der Waals surface area contributed by atoms with Crippen molar-refractivity contribution in [1.82, 2.24) is 9.78 Å². The van der Waals surface area contributed by atoms with Gasteiger partial charge in [-0.2, -0.15) is 5.10 Å². The van der Waals surface area contributed by atoms with Gasteiger partial charge in [0.2, 0.25) is 12.7 Å². The lowest BCUT2D eigenvalue weighted by atomic mass is 10.1. The van der Waals surface area contributed by atoms with E-state index in [2.05, 4.69) is 10.4 Å². The molecule has 0 atom stereocenters. The third-order valence-electron chi connectivity index (χ3n) is 3.40. The van der Waals surface area contributed by atoms with E-state index in [0.29, 0.717) is 11.5 Å². The second-order valence-corrected chi connectivity index (χ2v) is 5.91. The number of nitrogens with one attached hydrogen (secondary N) is 1. The van der Waals surface area contributed by atoms with Crippen LogP contribution in [0, 0.1) is 0 Å². The van der Waals surface area contributed by atoms with Crippen molar-refractivity contribution in [2.75, 3.05) is 12.1 Å². The van der Waals surface area contributed by atoms with Crippen LogP contribution in [0.25, 0.3) is 0 Å². The molecule has 0 fully saturated rings. The zero-order chi connectivity index (χ0) is 18.1. The number of hydrogen-bond acceptors (Lipinski definition) is 6. The monoisotopic (exact) mass is 383 g/mol. The fourth-order valence-electron chi connectivity index (χ4n) is 2.22. The fraction of sp³-hybridized carbons (Fsp3) is 0.200. The Hall–Kier alpha value is -2.58. The Bertz CT molecular complexity index is 941. The van der Waals surface area contributed by atoms with Gasteiger partial charge in [0.05, 0.1) is 16.9 Å². The topological polar surface area (TPSA) is 99.5 Å². The highest BCUT2D eigenvalue weighted by molar-refractivity contribution is 6.41. The van der Waals surface area contributed by atoms with Gasteiger partial charge in [-0.05, 0) is 13.0 Å². The minimum absolute atomic E-state index is 0.00189. The van der Waals surface area contributed by atoms with Crippen LogP contribution in [0.2, 0.25) is 10.0 Å². The first-order valence-corrected chi connectivity index (χ1v) is 7.78. The van der Waals surface area contributed by atoms with Crippen molar-refractivity contribution in [1.29, 1.82) is 0 Å². The number of carbonyl (C=O) groups excluding carboxylic acids is 2. The maximum Gasteiger partial charge on any atom is 0.287 e. The molecule has 25 heavy (non-hydrogen) atoms. The molecule has 2 aromatic rings. The SMILES string of the molecule is CC(=O)c1cc2c(cc1NC(=O)Cn1ncc(Cl)c(Cl)c1=O)OCO2. The van der Waals surface area contributed by atoms with E-state index >= 15 is 0 Å². The number of aromatic nitrogens is 2. The van der Waals surface area contributed by atoms with Crippen LogP contribution in [0.1, 0.15) is 17.3 Å². The van der Waals surface area contributed by atoms with E-state index in [0.717, 1.165) is 4.68 Å². The number of halogens is 2. The third kappa shape index (κ3) is 3.45. The van der Waals surface area contributed by atoms with Crippen LogP contribution in [-0.4, -0.2) is 28.3 Å². The van der Waals surface area contributed by atoms with Crippen LogP contribution in [0.15, 0.2) is 23.1 Å². The average molecular weight is 384 g/mol. The molecule has 3 rings (SSSR count). The number of Topliss-reactive ketones (excluding diaryl/α,β-unsaturated/α-hetero) is 1. The molecule has 1 amide bonds. The smallest absolute Gasteiger partial charge is 0.287 e. The number of fused-ring (bicyclic) bond motifs is 1. The Balaban J connectivity index is 1.85. The minimum Gasteiger partial charge on any atom is -0.454 e. The molecule has 0 saturated heterocycles. The number of rotatable bonds is 4. The van der Waals surface area contributed by atoms with Crippen molar-refractivity contribution in [3.05, 3.63) is 44.3 Å². The van der Waals surface area contributed by atoms with Gasteiger partial charge in [-0.3, -0.25) is 14.4 Å². The molecule has 0 bridgehead atoms. The molecular formula is C15H11Cl2N3O5. The van der Waals surface area contributed by atoms with Crippen molar-refractivity contribution < 1.29 is 19.1 Å². The van der Waals surface area contributed by atoms with E-state index in [4.69, 9.17) is 32.7 Å². The molecule has 0 radical (unpaired) electrons. The predicted molar refractivity (Wildman–Crippen MR) is 89.7 cm³/mol. The fourth-order valence-corrected chi connectivity index (χ4v) is 2.49. The Morgan fingerprint density at radius 2 is 1.96 bits per heavy atom. The normalized spacial score (nSPS) is 12.1. The Morgan fingerprint density at radius 3 is 2.64 bits per heavy atom. The molecule has 10 heteroatoms. The lowest BCUT2D eigenvalue weighted by Crippen LogP contribution is -2.30. The molecule has 2 heterocycles. The number of carbonyl (C=O) groups is 2. The van der Waals surface area contributed by atoms with Crippen LogP contribution in [0.3, 0.4) is 0 Å². The average Bonchev–Trinajstić information content (AvgIpc) is 3.02. The number of ketones is 1. The summed E-state index contributed by atoms with van der Waals surface area (Å²) in [5, 5.41) is 6.08. The third-order valence-corrected chi connectivity index (χ3v) is 4.15. The van der Waals surface area contributed by atoms with Gasteiger partial charge in [0.25, 0.3) is 5.56 Å².